The van der Waals surface area contributed by atoms with Crippen molar-refractivity contribution < 1.29 is 27.7 Å². The van der Waals surface area contributed by atoms with Crippen molar-refractivity contribution in [3.63, 3.8) is 0 Å². The Bertz CT molecular complexity index is 1080. The van der Waals surface area contributed by atoms with Gasteiger partial charge in [-0.2, -0.15) is 13.2 Å². The Balaban J connectivity index is 1.83. The van der Waals surface area contributed by atoms with Gasteiger partial charge in [-0.3, -0.25) is 15.0 Å². The van der Waals surface area contributed by atoms with Crippen LogP contribution in [0.2, 0.25) is 5.02 Å². The van der Waals surface area contributed by atoms with Crippen LogP contribution in [0.15, 0.2) is 66.7 Å². The number of halogens is 4. The van der Waals surface area contributed by atoms with Gasteiger partial charge in [-0.05, 0) is 29.8 Å². The maximum Gasteiger partial charge on any atom is 0.416 e. The molecule has 0 amide bonds. The molecule has 0 unspecified atom stereocenters. The molecule has 0 bridgehead atoms. The first-order valence-corrected chi connectivity index (χ1v) is 9.26. The van der Waals surface area contributed by atoms with Crippen LogP contribution in [0.1, 0.15) is 11.1 Å². The molecule has 0 aliphatic heterocycles. The smallest absolute Gasteiger partial charge is 0.416 e. The van der Waals surface area contributed by atoms with Crippen molar-refractivity contribution in [2.75, 3.05) is 12.1 Å². The van der Waals surface area contributed by atoms with E-state index in [0.717, 1.165) is 23.8 Å². The molecule has 3 rings (SSSR count). The summed E-state index contributed by atoms with van der Waals surface area (Å²) in [6.07, 6.45) is -4.54. The summed E-state index contributed by atoms with van der Waals surface area (Å²) >= 11 is 5.92. The fourth-order valence-corrected chi connectivity index (χ4v) is 2.89. The maximum atomic E-state index is 12.8. The Labute approximate surface area is 180 Å². The van der Waals surface area contributed by atoms with Crippen molar-refractivity contribution in [2.24, 2.45) is 0 Å². The second-order valence-electron chi connectivity index (χ2n) is 6.41. The van der Waals surface area contributed by atoms with Gasteiger partial charge in [0.15, 0.2) is 0 Å². The third kappa shape index (κ3) is 5.65. The zero-order valence-electron chi connectivity index (χ0n) is 16.1. The molecule has 0 saturated heterocycles. The molecule has 6 nitrogen and oxygen atoms in total. The topological polar surface area (TPSA) is 64.8 Å². The highest BCUT2D eigenvalue weighted by molar-refractivity contribution is 6.32. The molecule has 0 heterocycles. The molecule has 0 aromatic heterocycles. The number of benzene rings is 3. The molecule has 3 aromatic rings. The fourth-order valence-electron chi connectivity index (χ4n) is 2.68. The Morgan fingerprint density at radius 2 is 1.77 bits per heavy atom. The summed E-state index contributed by atoms with van der Waals surface area (Å²) < 4.78 is 44.0. The average molecular weight is 453 g/mol. The summed E-state index contributed by atoms with van der Waals surface area (Å²) in [6, 6.07) is 15.8. The lowest BCUT2D eigenvalue weighted by atomic mass is 10.2. The molecule has 3 aromatic carbocycles. The van der Waals surface area contributed by atoms with Gasteiger partial charge in [0.2, 0.25) is 0 Å². The Morgan fingerprint density at radius 3 is 2.39 bits per heavy atom. The number of hydrogen-bond donors (Lipinski definition) is 0. The van der Waals surface area contributed by atoms with Crippen molar-refractivity contribution in [1.29, 1.82) is 0 Å². The van der Waals surface area contributed by atoms with Gasteiger partial charge in [0.25, 0.3) is 5.69 Å². The largest absolute Gasteiger partial charge is 0.456 e. The number of hydrogen-bond acceptors (Lipinski definition) is 5. The average Bonchev–Trinajstić information content (AvgIpc) is 2.73. The van der Waals surface area contributed by atoms with Gasteiger partial charge in [0, 0.05) is 19.2 Å². The van der Waals surface area contributed by atoms with Gasteiger partial charge in [0.1, 0.15) is 17.2 Å². The summed E-state index contributed by atoms with van der Waals surface area (Å²) in [5.74, 6) is 0.111. The number of hydroxylamine groups is 1. The minimum absolute atomic E-state index is 0.0256. The second-order valence-corrected chi connectivity index (χ2v) is 6.82. The number of alkyl halides is 3. The molecule has 0 aliphatic carbocycles. The SMILES string of the molecule is CN(OCc1ccccc1)c1cc(Oc2ccc(C(F)(F)F)cc2Cl)ccc1[N+](=O)[O-]. The molecule has 162 valence electrons. The molecular weight excluding hydrogens is 437 g/mol. The lowest BCUT2D eigenvalue weighted by Crippen LogP contribution is -2.18. The van der Waals surface area contributed by atoms with Crippen molar-refractivity contribution in [2.45, 2.75) is 12.8 Å². The summed E-state index contributed by atoms with van der Waals surface area (Å²) in [4.78, 5) is 16.4. The predicted molar refractivity (Wildman–Crippen MR) is 109 cm³/mol. The first-order chi connectivity index (χ1) is 14.6. The monoisotopic (exact) mass is 452 g/mol. The molecule has 10 heteroatoms. The van der Waals surface area contributed by atoms with Crippen LogP contribution in [0.5, 0.6) is 11.5 Å². The number of rotatable bonds is 7. The Kier molecular flexibility index (Phi) is 6.67. The normalized spacial score (nSPS) is 11.3. The molecular formula is C21H16ClF3N2O4. The van der Waals surface area contributed by atoms with E-state index >= 15 is 0 Å². The van der Waals surface area contributed by atoms with Crippen LogP contribution < -0.4 is 9.80 Å². The van der Waals surface area contributed by atoms with E-state index in [0.29, 0.717) is 0 Å². The molecule has 31 heavy (non-hydrogen) atoms. The van der Waals surface area contributed by atoms with Crippen LogP contribution in [0.4, 0.5) is 24.5 Å². The Morgan fingerprint density at radius 1 is 1.06 bits per heavy atom. The summed E-state index contributed by atoms with van der Waals surface area (Å²) in [6.45, 7) is 0.171. The first-order valence-electron chi connectivity index (χ1n) is 8.89. The van der Waals surface area contributed by atoms with Gasteiger partial charge in [-0.25, -0.2) is 5.06 Å². The maximum absolute atomic E-state index is 12.8. The fraction of sp³-hybridized carbons (Fsp3) is 0.143. The molecule has 0 saturated carbocycles. The highest BCUT2D eigenvalue weighted by Crippen LogP contribution is 2.38. The molecule has 0 radical (unpaired) electrons. The summed E-state index contributed by atoms with van der Waals surface area (Å²) in [5.41, 5.74) is -0.188. The number of anilines is 1. The first kappa shape index (κ1) is 22.4. The highest BCUT2D eigenvalue weighted by Gasteiger charge is 2.31. The van der Waals surface area contributed by atoms with Crippen molar-refractivity contribution in [1.82, 2.24) is 0 Å². The van der Waals surface area contributed by atoms with Crippen LogP contribution in [0.25, 0.3) is 0 Å². The summed E-state index contributed by atoms with van der Waals surface area (Å²) in [5, 5.41) is 12.4. The minimum atomic E-state index is -4.54. The van der Waals surface area contributed by atoms with E-state index in [9.17, 15) is 23.3 Å². The minimum Gasteiger partial charge on any atom is -0.456 e. The number of ether oxygens (including phenoxy) is 1. The number of nitro benzene ring substituents is 1. The van der Waals surface area contributed by atoms with E-state index < -0.39 is 16.7 Å². The zero-order chi connectivity index (χ0) is 22.6. The van der Waals surface area contributed by atoms with E-state index in [-0.39, 0.29) is 34.5 Å². The molecule has 0 N–H and O–H groups in total. The number of nitrogens with zero attached hydrogens (tertiary/aromatic N) is 2. The third-order valence-electron chi connectivity index (χ3n) is 4.24. The van der Waals surface area contributed by atoms with E-state index in [1.807, 2.05) is 30.3 Å². The van der Waals surface area contributed by atoms with E-state index in [1.165, 1.54) is 30.3 Å². The van der Waals surface area contributed by atoms with Gasteiger partial charge < -0.3 is 4.74 Å². The van der Waals surface area contributed by atoms with Crippen molar-refractivity contribution in [3.05, 3.63) is 93.0 Å². The third-order valence-corrected chi connectivity index (χ3v) is 4.53. The zero-order valence-corrected chi connectivity index (χ0v) is 16.9. The molecule has 0 aliphatic rings. The molecule has 0 atom stereocenters. The number of nitro groups is 1. The van der Waals surface area contributed by atoms with E-state index in [4.69, 9.17) is 21.2 Å². The van der Waals surface area contributed by atoms with Gasteiger partial charge in [-0.15, -0.1) is 0 Å². The lowest BCUT2D eigenvalue weighted by Gasteiger charge is -2.19. The lowest BCUT2D eigenvalue weighted by molar-refractivity contribution is -0.384. The summed E-state index contributed by atoms with van der Waals surface area (Å²) in [7, 11) is 1.50. The predicted octanol–water partition coefficient (Wildman–Crippen LogP) is 6.63. The van der Waals surface area contributed by atoms with E-state index in [2.05, 4.69) is 0 Å². The quantitative estimate of drug-likeness (QED) is 0.297. The van der Waals surface area contributed by atoms with E-state index in [1.54, 1.807) is 0 Å². The second kappa shape index (κ2) is 9.23. The van der Waals surface area contributed by atoms with Gasteiger partial charge in [0.05, 0.1) is 22.1 Å². The molecule has 0 fully saturated rings. The molecule has 0 spiro atoms. The van der Waals surface area contributed by atoms with Crippen LogP contribution in [-0.4, -0.2) is 12.0 Å². The highest BCUT2D eigenvalue weighted by atomic mass is 35.5. The van der Waals surface area contributed by atoms with Crippen LogP contribution in [0.3, 0.4) is 0 Å². The van der Waals surface area contributed by atoms with Gasteiger partial charge in [-0.1, -0.05) is 41.9 Å². The van der Waals surface area contributed by atoms with Crippen molar-refractivity contribution >= 4 is 23.0 Å². The van der Waals surface area contributed by atoms with Crippen LogP contribution in [-0.2, 0) is 17.6 Å². The van der Waals surface area contributed by atoms with Crippen LogP contribution >= 0.6 is 11.6 Å². The van der Waals surface area contributed by atoms with Crippen LogP contribution in [0, 0.1) is 10.1 Å². The standard InChI is InChI=1S/C21H16ClF3N2O4/c1-26(30-13-14-5-3-2-4-6-14)19-12-16(8-9-18(19)27(28)29)31-20-10-7-15(11-17(20)22)21(23,24)25/h2-12H,13H2,1H3. The van der Waals surface area contributed by atoms with Crippen molar-refractivity contribution in [3.8, 4) is 11.5 Å². The Hall–Kier alpha value is -3.30. The van der Waals surface area contributed by atoms with Gasteiger partial charge >= 0.3 is 6.18 Å².